The number of nitrogens with zero attached hydrogens (tertiary/aromatic N) is 1. The summed E-state index contributed by atoms with van der Waals surface area (Å²) >= 11 is 0. The van der Waals surface area contributed by atoms with Crippen molar-refractivity contribution in [3.05, 3.63) is 23.3 Å². The number of carbonyl (C=O) groups excluding carboxylic acids is 3. The molecule has 0 saturated heterocycles. The first-order valence-electron chi connectivity index (χ1n) is 14.1. The fraction of sp³-hybridized carbons (Fsp3) is 0.750. The highest BCUT2D eigenvalue weighted by atomic mass is 16.5. The maximum absolute atomic E-state index is 14.4. The molecule has 0 N–H and O–H groups in total. The third-order valence-corrected chi connectivity index (χ3v) is 12.5. The first-order valence-corrected chi connectivity index (χ1v) is 14.1. The van der Waals surface area contributed by atoms with Gasteiger partial charge in [-0.3, -0.25) is 14.4 Å². The largest absolute Gasteiger partial charge is 0.469 e. The predicted molar refractivity (Wildman–Crippen MR) is 141 cm³/mol. The fourth-order valence-electron chi connectivity index (χ4n) is 10.2. The number of hydrogen-bond donors (Lipinski definition) is 0. The Kier molecular flexibility index (Phi) is 5.47. The van der Waals surface area contributed by atoms with E-state index in [0.717, 1.165) is 50.5 Å². The van der Waals surface area contributed by atoms with Gasteiger partial charge >= 0.3 is 5.97 Å². The van der Waals surface area contributed by atoms with E-state index in [-0.39, 0.29) is 57.1 Å². The minimum Gasteiger partial charge on any atom is -0.469 e. The number of ether oxygens (including phenoxy) is 1. The lowest BCUT2D eigenvalue weighted by molar-refractivity contribution is -0.191. The van der Waals surface area contributed by atoms with Crippen LogP contribution in [0.25, 0.3) is 0 Å². The Hall–Kier alpha value is -2.22. The second-order valence-electron chi connectivity index (χ2n) is 14.9. The lowest BCUT2D eigenvalue weighted by atomic mass is 9.34. The number of Topliss-reactive ketones (excluding diaryl/α,β-unsaturated/α-hetero) is 1. The van der Waals surface area contributed by atoms with Gasteiger partial charge in [0, 0.05) is 16.7 Å². The Bertz CT molecular complexity index is 1200. The zero-order valence-electron chi connectivity index (χ0n) is 23.9. The molecule has 0 aromatic carbocycles. The van der Waals surface area contributed by atoms with E-state index in [9.17, 15) is 19.6 Å². The molecule has 5 aliphatic rings. The van der Waals surface area contributed by atoms with Crippen molar-refractivity contribution < 1.29 is 19.1 Å². The number of methoxy groups -OCH3 is 1. The number of esters is 1. The number of rotatable bonds is 1. The maximum atomic E-state index is 14.4. The van der Waals surface area contributed by atoms with Gasteiger partial charge in [-0.25, -0.2) is 0 Å². The summed E-state index contributed by atoms with van der Waals surface area (Å²) in [6.45, 7) is 15.2. The van der Waals surface area contributed by atoms with Crippen molar-refractivity contribution in [2.75, 3.05) is 7.11 Å². The average molecular weight is 506 g/mol. The van der Waals surface area contributed by atoms with E-state index < -0.39 is 16.2 Å². The molecule has 200 valence electrons. The summed E-state index contributed by atoms with van der Waals surface area (Å²) in [6, 6.07) is 2.17. The van der Waals surface area contributed by atoms with E-state index in [1.165, 1.54) is 7.11 Å². The van der Waals surface area contributed by atoms with Gasteiger partial charge in [0.1, 0.15) is 6.07 Å². The van der Waals surface area contributed by atoms with Gasteiger partial charge in [-0.15, -0.1) is 0 Å². The van der Waals surface area contributed by atoms with Crippen LogP contribution in [0.4, 0.5) is 0 Å². The molecule has 3 saturated carbocycles. The van der Waals surface area contributed by atoms with Crippen molar-refractivity contribution in [2.45, 2.75) is 93.4 Å². The summed E-state index contributed by atoms with van der Waals surface area (Å²) in [5.74, 6) is -0.376. The standard InChI is InChI=1S/C32H43NO4/c1-27(2)11-13-32(26(36)37-8)14-12-31(7)24(20(32)17-27)21(34)15-23-29(5)16-19(18-33)25(35)28(3,4)22(29)9-10-30(23,31)6/h15-16,20,22,24H,9-14,17H2,1-8H3/t20-,22+,24+,29+,30-,31-,32+/m1/s1. The molecule has 0 unspecified atom stereocenters. The summed E-state index contributed by atoms with van der Waals surface area (Å²) in [6.07, 6.45) is 9.65. The number of carbonyl (C=O) groups is 3. The molecule has 0 spiro atoms. The van der Waals surface area contributed by atoms with Crippen molar-refractivity contribution in [1.29, 1.82) is 5.26 Å². The normalized spacial score (nSPS) is 45.6. The highest BCUT2D eigenvalue weighted by Crippen LogP contribution is 2.74. The monoisotopic (exact) mass is 505 g/mol. The Labute approximate surface area is 222 Å². The Morgan fingerprint density at radius 3 is 2.27 bits per heavy atom. The first kappa shape index (κ1) is 26.4. The van der Waals surface area contributed by atoms with Crippen LogP contribution in [0.15, 0.2) is 23.3 Å². The van der Waals surface area contributed by atoms with Crippen LogP contribution >= 0.6 is 0 Å². The number of nitriles is 1. The maximum Gasteiger partial charge on any atom is 0.312 e. The van der Waals surface area contributed by atoms with Crippen molar-refractivity contribution in [1.82, 2.24) is 0 Å². The molecule has 5 nitrogen and oxygen atoms in total. The van der Waals surface area contributed by atoms with E-state index in [0.29, 0.717) is 0 Å². The molecule has 5 aliphatic carbocycles. The third kappa shape index (κ3) is 3.11. The molecular weight excluding hydrogens is 462 g/mol. The molecule has 0 aliphatic heterocycles. The van der Waals surface area contributed by atoms with Crippen LogP contribution in [0.3, 0.4) is 0 Å². The smallest absolute Gasteiger partial charge is 0.312 e. The summed E-state index contributed by atoms with van der Waals surface area (Å²) in [5, 5.41) is 9.86. The topological polar surface area (TPSA) is 84.2 Å². The zero-order valence-corrected chi connectivity index (χ0v) is 23.9. The second kappa shape index (κ2) is 7.67. The molecule has 5 heteroatoms. The number of ketones is 2. The molecular formula is C32H43NO4. The van der Waals surface area contributed by atoms with E-state index in [2.05, 4.69) is 40.7 Å². The van der Waals surface area contributed by atoms with Gasteiger partial charge in [0.05, 0.1) is 18.1 Å². The average Bonchev–Trinajstić information content (AvgIpc) is 2.82. The molecule has 3 fully saturated rings. The van der Waals surface area contributed by atoms with E-state index >= 15 is 0 Å². The molecule has 37 heavy (non-hydrogen) atoms. The third-order valence-electron chi connectivity index (χ3n) is 12.5. The molecule has 0 bridgehead atoms. The summed E-state index contributed by atoms with van der Waals surface area (Å²) < 4.78 is 5.41. The van der Waals surface area contributed by atoms with Crippen molar-refractivity contribution in [3.8, 4) is 6.07 Å². The lowest BCUT2D eigenvalue weighted by Gasteiger charge is -2.68. The quantitative estimate of drug-likeness (QED) is 0.386. The zero-order chi connectivity index (χ0) is 27.4. The molecule has 7 atom stereocenters. The van der Waals surface area contributed by atoms with Crippen LogP contribution in [0, 0.1) is 61.6 Å². The number of allylic oxidation sites excluding steroid dienone is 4. The molecule has 5 rings (SSSR count). The molecule has 0 aromatic rings. The summed E-state index contributed by atoms with van der Waals surface area (Å²) in [4.78, 5) is 40.9. The fourth-order valence-corrected chi connectivity index (χ4v) is 10.2. The van der Waals surface area contributed by atoms with Crippen LogP contribution in [-0.2, 0) is 19.1 Å². The van der Waals surface area contributed by atoms with E-state index in [4.69, 9.17) is 4.74 Å². The Morgan fingerprint density at radius 1 is 1.00 bits per heavy atom. The van der Waals surface area contributed by atoms with Crippen molar-refractivity contribution in [2.24, 2.45) is 50.2 Å². The minimum atomic E-state index is -0.669. The Morgan fingerprint density at radius 2 is 1.65 bits per heavy atom. The van der Waals surface area contributed by atoms with Gasteiger partial charge in [-0.1, -0.05) is 60.1 Å². The van der Waals surface area contributed by atoms with Crippen molar-refractivity contribution >= 4 is 17.5 Å². The van der Waals surface area contributed by atoms with Crippen LogP contribution in [0.2, 0.25) is 0 Å². The van der Waals surface area contributed by atoms with Crippen LogP contribution in [0.1, 0.15) is 93.4 Å². The van der Waals surface area contributed by atoms with Gasteiger partial charge in [0.25, 0.3) is 0 Å². The van der Waals surface area contributed by atoms with Crippen LogP contribution in [-0.4, -0.2) is 24.6 Å². The van der Waals surface area contributed by atoms with Crippen LogP contribution < -0.4 is 0 Å². The SMILES string of the molecule is COC(=O)[C@]12CCC(C)(C)C[C@@H]1[C@H]1C(=O)C=C3[C@@]4(C)C=C(C#N)C(=O)C(C)(C)[C@@H]4CC[C@@]3(C)[C@]1(C)CC2. The molecule has 0 radical (unpaired) electrons. The summed E-state index contributed by atoms with van der Waals surface area (Å²) in [5.41, 5.74) is -1.02. The molecule has 0 amide bonds. The van der Waals surface area contributed by atoms with E-state index in [1.807, 2.05) is 26.0 Å². The van der Waals surface area contributed by atoms with Crippen molar-refractivity contribution in [3.63, 3.8) is 0 Å². The van der Waals surface area contributed by atoms with Crippen LogP contribution in [0.5, 0.6) is 0 Å². The highest BCUT2D eigenvalue weighted by molar-refractivity contribution is 6.04. The molecule has 0 aromatic heterocycles. The van der Waals surface area contributed by atoms with E-state index in [1.54, 1.807) is 0 Å². The number of hydrogen-bond acceptors (Lipinski definition) is 5. The predicted octanol–water partition coefficient (Wildman–Crippen LogP) is 6.38. The lowest BCUT2D eigenvalue weighted by Crippen LogP contribution is -2.65. The van der Waals surface area contributed by atoms with Gasteiger partial charge in [-0.2, -0.15) is 5.26 Å². The minimum absolute atomic E-state index is 0.0308. The number of fused-ring (bicyclic) bond motifs is 7. The second-order valence-corrected chi connectivity index (χ2v) is 14.9. The van der Waals surface area contributed by atoms with Gasteiger partial charge < -0.3 is 4.74 Å². The van der Waals surface area contributed by atoms with Gasteiger partial charge in [-0.05, 0) is 79.1 Å². The van der Waals surface area contributed by atoms with Gasteiger partial charge in [0.2, 0.25) is 0 Å². The van der Waals surface area contributed by atoms with Gasteiger partial charge in [0.15, 0.2) is 11.6 Å². The first-order chi connectivity index (χ1) is 17.0. The summed E-state index contributed by atoms with van der Waals surface area (Å²) in [7, 11) is 1.48. The molecule has 0 heterocycles. The highest BCUT2D eigenvalue weighted by Gasteiger charge is 2.71. The Balaban J connectivity index is 1.71.